The van der Waals surface area contributed by atoms with Crippen LogP contribution in [0, 0.1) is 35.5 Å². The second-order valence-corrected chi connectivity index (χ2v) is 35.9. The molecule has 0 amide bonds. The van der Waals surface area contributed by atoms with Gasteiger partial charge in [0.1, 0.15) is 5.60 Å². The number of ether oxygens (including phenoxy) is 4. The Kier molecular flexibility index (Phi) is 15.7. The summed E-state index contributed by atoms with van der Waals surface area (Å²) in [7, 11) is -2.19. The van der Waals surface area contributed by atoms with Gasteiger partial charge in [-0.25, -0.2) is 0 Å². The van der Waals surface area contributed by atoms with Gasteiger partial charge in [0.2, 0.25) is 0 Å². The van der Waals surface area contributed by atoms with Crippen molar-refractivity contribution in [2.24, 2.45) is 35.5 Å². The molecule has 3 aliphatic rings. The van der Waals surface area contributed by atoms with E-state index in [9.17, 15) is 15.0 Å². The molecular weight excluding hydrogens is 761 g/mol. The van der Waals surface area contributed by atoms with E-state index in [-0.39, 0.29) is 70.3 Å². The third-order valence-electron chi connectivity index (χ3n) is 14.7. The first-order valence-corrected chi connectivity index (χ1v) is 29.6. The molecule has 326 valence electrons. The zero-order chi connectivity index (χ0) is 43.2. The van der Waals surface area contributed by atoms with Crippen LogP contribution in [0.4, 0.5) is 0 Å². The molecule has 0 aromatic rings. The molecule has 2 fully saturated rings. The standard InChI is InChI=1S/C43H82O10Si3/c1-27(35(44)33(26-49-14)51-54(15,16)40(3,4)5)23-28(2)43-32(30(24-47-12)39(45)46)22-21-29-34(43)36(52-55(17,18)41(6,7)8)31(25-48-13)38(37(29)50-43)53-56(19,20)42(9,10)11/h21-23,27,29-38,44H,24-26H2,1-20H3,(H,45,46)/b28-23+/t27-,29-,30+,31-,32-,33+,34+,35+,36-,37-,38-,43+/m1/s1. The maximum Gasteiger partial charge on any atom is 0.309 e. The monoisotopic (exact) mass is 843 g/mol. The summed E-state index contributed by atoms with van der Waals surface area (Å²) in [6.07, 6.45) is 3.79. The molecule has 3 rings (SSSR count). The Morgan fingerprint density at radius 3 is 1.75 bits per heavy atom. The van der Waals surface area contributed by atoms with Crippen molar-refractivity contribution in [3.05, 3.63) is 23.8 Å². The Morgan fingerprint density at radius 1 is 0.804 bits per heavy atom. The van der Waals surface area contributed by atoms with Crippen LogP contribution in [-0.4, -0.2) is 118 Å². The Bertz CT molecular complexity index is 1390. The lowest BCUT2D eigenvalue weighted by molar-refractivity contribution is -0.153. The fraction of sp³-hybridized carbons (Fsp3) is 0.884. The van der Waals surface area contributed by atoms with Crippen LogP contribution in [0.25, 0.3) is 0 Å². The Labute approximate surface area is 344 Å². The van der Waals surface area contributed by atoms with E-state index in [2.05, 4.69) is 127 Å². The number of methoxy groups -OCH3 is 3. The van der Waals surface area contributed by atoms with Gasteiger partial charge in [-0.3, -0.25) is 4.79 Å². The normalized spacial score (nSPS) is 31.3. The molecule has 0 radical (unpaired) electrons. The summed E-state index contributed by atoms with van der Waals surface area (Å²) >= 11 is 0. The van der Waals surface area contributed by atoms with Crippen molar-refractivity contribution < 1.29 is 47.2 Å². The Morgan fingerprint density at radius 2 is 1.30 bits per heavy atom. The van der Waals surface area contributed by atoms with Gasteiger partial charge in [-0.1, -0.05) is 87.5 Å². The molecule has 56 heavy (non-hydrogen) atoms. The number of carbonyl (C=O) groups is 1. The second-order valence-electron chi connectivity index (χ2n) is 21.7. The third-order valence-corrected chi connectivity index (χ3v) is 28.2. The molecular formula is C43H82O10Si3. The maximum atomic E-state index is 13.3. The third kappa shape index (κ3) is 9.74. The number of carboxylic acids is 1. The van der Waals surface area contributed by atoms with Gasteiger partial charge in [-0.2, -0.15) is 0 Å². The number of hydrogen-bond acceptors (Lipinski definition) is 9. The van der Waals surface area contributed by atoms with Crippen LogP contribution >= 0.6 is 0 Å². The second kappa shape index (κ2) is 17.7. The number of rotatable bonds is 18. The van der Waals surface area contributed by atoms with Crippen molar-refractivity contribution in [2.45, 2.75) is 167 Å². The number of aliphatic hydroxyl groups is 1. The highest BCUT2D eigenvalue weighted by Gasteiger charge is 2.71. The molecule has 0 unspecified atom stereocenters. The fourth-order valence-corrected chi connectivity index (χ4v) is 12.4. The first-order chi connectivity index (χ1) is 25.4. The highest BCUT2D eigenvalue weighted by atomic mass is 28.4. The number of aliphatic carboxylic acids is 1. The van der Waals surface area contributed by atoms with Crippen LogP contribution in [0.1, 0.15) is 76.2 Å². The minimum Gasteiger partial charge on any atom is -0.481 e. The fourth-order valence-electron chi connectivity index (χ4n) is 8.41. The minimum absolute atomic E-state index is 0.0123. The molecule has 1 aliphatic heterocycles. The van der Waals surface area contributed by atoms with Gasteiger partial charge >= 0.3 is 5.97 Å². The van der Waals surface area contributed by atoms with Crippen LogP contribution in [0.5, 0.6) is 0 Å². The molecule has 4 bridgehead atoms. The lowest BCUT2D eigenvalue weighted by Crippen LogP contribution is -2.63. The predicted molar refractivity (Wildman–Crippen MR) is 233 cm³/mol. The van der Waals surface area contributed by atoms with Crippen LogP contribution in [0.15, 0.2) is 23.8 Å². The van der Waals surface area contributed by atoms with E-state index in [1.165, 1.54) is 0 Å². The molecule has 12 atom stereocenters. The summed E-state index contributed by atoms with van der Waals surface area (Å²) in [5.41, 5.74) is -0.240. The molecule has 0 spiro atoms. The molecule has 1 heterocycles. The van der Waals surface area contributed by atoms with E-state index < -0.39 is 60.6 Å². The summed E-state index contributed by atoms with van der Waals surface area (Å²) < 4.78 is 46.8. The number of carboxylic acid groups (broad SMARTS) is 1. The van der Waals surface area contributed by atoms with Crippen molar-refractivity contribution in [3.8, 4) is 0 Å². The van der Waals surface area contributed by atoms with E-state index in [1.54, 1.807) is 21.3 Å². The van der Waals surface area contributed by atoms with Gasteiger partial charge in [0, 0.05) is 50.9 Å². The summed E-state index contributed by atoms with van der Waals surface area (Å²) in [5.74, 6) is -3.36. The van der Waals surface area contributed by atoms with Crippen LogP contribution < -0.4 is 0 Å². The van der Waals surface area contributed by atoms with Crippen LogP contribution in [0.2, 0.25) is 54.4 Å². The highest BCUT2D eigenvalue weighted by molar-refractivity contribution is 6.75. The Hall–Kier alpha value is -0.719. The minimum atomic E-state index is -2.45. The van der Waals surface area contributed by atoms with Gasteiger partial charge in [0.15, 0.2) is 25.0 Å². The largest absolute Gasteiger partial charge is 0.481 e. The molecule has 2 aliphatic carbocycles. The summed E-state index contributed by atoms with van der Waals surface area (Å²) in [4.78, 5) is 13.3. The van der Waals surface area contributed by atoms with Crippen molar-refractivity contribution in [1.29, 1.82) is 0 Å². The van der Waals surface area contributed by atoms with Crippen molar-refractivity contribution in [2.75, 3.05) is 41.2 Å². The van der Waals surface area contributed by atoms with E-state index in [0.717, 1.165) is 5.57 Å². The highest BCUT2D eigenvalue weighted by Crippen LogP contribution is 2.63. The molecule has 0 aromatic carbocycles. The summed E-state index contributed by atoms with van der Waals surface area (Å²) in [5, 5.41) is 22.7. The predicted octanol–water partition coefficient (Wildman–Crippen LogP) is 8.93. The van der Waals surface area contributed by atoms with E-state index in [4.69, 9.17) is 32.2 Å². The molecule has 2 N–H and O–H groups in total. The number of hydrogen-bond donors (Lipinski definition) is 2. The van der Waals surface area contributed by atoms with Gasteiger partial charge < -0.3 is 42.4 Å². The average Bonchev–Trinajstić information content (AvgIpc) is 3.21. The van der Waals surface area contributed by atoms with E-state index >= 15 is 0 Å². The quantitative estimate of drug-likeness (QED) is 0.102. The smallest absolute Gasteiger partial charge is 0.309 e. The van der Waals surface area contributed by atoms with E-state index in [1.807, 2.05) is 6.92 Å². The molecule has 1 saturated heterocycles. The maximum absolute atomic E-state index is 13.3. The zero-order valence-electron chi connectivity index (χ0n) is 38.9. The SMILES string of the molecule is COC[C@H]1[C@@H](O[Si](C)(C)C(C)(C)C)[C@@H]2O[C@]3(/C(C)=C/[C@@H](C)[C@H](O)[C@H](COC)O[Si](C)(C)C(C)(C)C)[C@@H]([C@H]2C=C[C@@H]3[C@H](COC)C(=O)O)[C@@H]1O[Si](C)(C)C(C)(C)C. The van der Waals surface area contributed by atoms with Crippen LogP contribution in [0.3, 0.4) is 0 Å². The van der Waals surface area contributed by atoms with Crippen molar-refractivity contribution in [3.63, 3.8) is 0 Å². The molecule has 1 saturated carbocycles. The summed E-state index contributed by atoms with van der Waals surface area (Å²) in [6, 6.07) is 0. The topological polar surface area (TPSA) is 122 Å². The van der Waals surface area contributed by atoms with Crippen molar-refractivity contribution >= 4 is 30.9 Å². The molecule has 0 aromatic heterocycles. The molecule has 13 heteroatoms. The Balaban J connectivity index is 2.37. The lowest BCUT2D eigenvalue weighted by Gasteiger charge is -2.54. The first-order valence-electron chi connectivity index (χ1n) is 20.8. The summed E-state index contributed by atoms with van der Waals surface area (Å²) in [6.45, 7) is 38.2. The van der Waals surface area contributed by atoms with Gasteiger partial charge in [0.05, 0.1) is 56.3 Å². The van der Waals surface area contributed by atoms with Gasteiger partial charge in [-0.15, -0.1) is 0 Å². The number of aliphatic hydroxyl groups excluding tert-OH is 1. The zero-order valence-corrected chi connectivity index (χ0v) is 41.9. The lowest BCUT2D eigenvalue weighted by atomic mass is 9.56. The molecule has 10 nitrogen and oxygen atoms in total. The van der Waals surface area contributed by atoms with Crippen molar-refractivity contribution in [1.82, 2.24) is 0 Å². The average molecular weight is 843 g/mol. The van der Waals surface area contributed by atoms with E-state index in [0.29, 0.717) is 6.61 Å². The van der Waals surface area contributed by atoms with Crippen LogP contribution in [-0.2, 0) is 37.0 Å². The van der Waals surface area contributed by atoms with Gasteiger partial charge in [0.25, 0.3) is 0 Å². The first kappa shape index (κ1) is 49.6. The van der Waals surface area contributed by atoms with Gasteiger partial charge in [-0.05, 0) is 66.9 Å².